The fourth-order valence-electron chi connectivity index (χ4n) is 3.82. The minimum Gasteiger partial charge on any atom is -0.368 e. The number of hydrogen-bond acceptors (Lipinski definition) is 4. The maximum Gasteiger partial charge on any atom is 0.272 e. The van der Waals surface area contributed by atoms with E-state index in [1.165, 1.54) is 17.0 Å². The largest absolute Gasteiger partial charge is 0.368 e. The Labute approximate surface area is 166 Å². The van der Waals surface area contributed by atoms with Crippen LogP contribution in [0.25, 0.3) is 11.3 Å². The summed E-state index contributed by atoms with van der Waals surface area (Å²) in [6, 6.07) is 14.7. The Morgan fingerprint density at radius 3 is 2.57 bits per heavy atom. The second kappa shape index (κ2) is 6.98. The average Bonchev–Trinajstić information content (AvgIpc) is 3.18. The zero-order valence-corrected chi connectivity index (χ0v) is 16.0. The Balaban J connectivity index is 1.32. The van der Waals surface area contributed by atoms with Crippen LogP contribution in [0.1, 0.15) is 16.1 Å². The van der Waals surface area contributed by atoms with E-state index >= 15 is 0 Å². The Bertz CT molecular complexity index is 1030. The van der Waals surface area contributed by atoms with Crippen molar-refractivity contribution in [1.29, 1.82) is 0 Å². The van der Waals surface area contributed by atoms with Crippen LogP contribution in [0.5, 0.6) is 0 Å². The van der Waals surface area contributed by atoms with Crippen LogP contribution in [-0.2, 0) is 5.75 Å². The standard InChI is InChI=1S/C21H19FN4OS/c22-14-5-7-15(8-6-14)25-9-11-26(12-10-25)21(27)20-17-13-28-18-4-2-1-3-16(18)19(17)23-24-20/h1-8H,9-13H2,(H,23,24). The smallest absolute Gasteiger partial charge is 0.272 e. The van der Waals surface area contributed by atoms with Gasteiger partial charge in [0, 0.05) is 53.6 Å². The number of carbonyl (C=O) groups is 1. The molecule has 0 atom stereocenters. The second-order valence-corrected chi connectivity index (χ2v) is 7.98. The summed E-state index contributed by atoms with van der Waals surface area (Å²) in [6.45, 7) is 2.72. The fraction of sp³-hybridized carbons (Fsp3) is 0.238. The summed E-state index contributed by atoms with van der Waals surface area (Å²) in [4.78, 5) is 18.4. The molecule has 3 heterocycles. The maximum absolute atomic E-state index is 13.1. The van der Waals surface area contributed by atoms with E-state index in [9.17, 15) is 9.18 Å². The topological polar surface area (TPSA) is 52.2 Å². The molecule has 3 aromatic rings. The van der Waals surface area contributed by atoms with Crippen molar-refractivity contribution in [3.63, 3.8) is 0 Å². The number of hydrogen-bond donors (Lipinski definition) is 1. The van der Waals surface area contributed by atoms with Crippen LogP contribution in [-0.4, -0.2) is 47.2 Å². The van der Waals surface area contributed by atoms with Crippen molar-refractivity contribution in [2.24, 2.45) is 0 Å². The molecule has 142 valence electrons. The van der Waals surface area contributed by atoms with E-state index in [0.717, 1.165) is 41.4 Å². The summed E-state index contributed by atoms with van der Waals surface area (Å²) < 4.78 is 13.1. The van der Waals surface area contributed by atoms with Gasteiger partial charge in [0.25, 0.3) is 5.91 Å². The SMILES string of the molecule is O=C(c1[nH]nc2c1CSc1ccccc1-2)N1CCN(c2ccc(F)cc2)CC1. The molecular weight excluding hydrogens is 375 g/mol. The highest BCUT2D eigenvalue weighted by molar-refractivity contribution is 7.98. The molecule has 1 aromatic heterocycles. The van der Waals surface area contributed by atoms with Crippen molar-refractivity contribution in [3.8, 4) is 11.3 Å². The molecule has 2 aromatic carbocycles. The van der Waals surface area contributed by atoms with Gasteiger partial charge in [-0.3, -0.25) is 9.89 Å². The Morgan fingerprint density at radius 1 is 1.04 bits per heavy atom. The predicted octanol–water partition coefficient (Wildman–Crippen LogP) is 3.78. The summed E-state index contributed by atoms with van der Waals surface area (Å²) in [7, 11) is 0. The molecule has 1 saturated heterocycles. The number of aromatic amines is 1. The lowest BCUT2D eigenvalue weighted by Gasteiger charge is -2.36. The molecule has 5 rings (SSSR count). The molecule has 0 unspecified atom stereocenters. The lowest BCUT2D eigenvalue weighted by Crippen LogP contribution is -2.49. The summed E-state index contributed by atoms with van der Waals surface area (Å²) in [5.74, 6) is 0.521. The molecule has 28 heavy (non-hydrogen) atoms. The molecule has 5 nitrogen and oxygen atoms in total. The number of nitrogens with zero attached hydrogens (tertiary/aromatic N) is 3. The summed E-state index contributed by atoms with van der Waals surface area (Å²) in [5, 5.41) is 7.45. The number of amides is 1. The van der Waals surface area contributed by atoms with Crippen LogP contribution in [0.15, 0.2) is 53.4 Å². The maximum atomic E-state index is 13.1. The van der Waals surface area contributed by atoms with E-state index in [2.05, 4.69) is 27.2 Å². The van der Waals surface area contributed by atoms with Crippen molar-refractivity contribution in [1.82, 2.24) is 15.1 Å². The Hall–Kier alpha value is -2.80. The molecular formula is C21H19FN4OS. The van der Waals surface area contributed by atoms with Gasteiger partial charge in [-0.1, -0.05) is 18.2 Å². The normalized spacial score (nSPS) is 15.9. The van der Waals surface area contributed by atoms with Gasteiger partial charge in [-0.25, -0.2) is 4.39 Å². The first-order valence-corrected chi connectivity index (χ1v) is 10.3. The van der Waals surface area contributed by atoms with Crippen molar-refractivity contribution in [2.45, 2.75) is 10.6 Å². The van der Waals surface area contributed by atoms with E-state index in [0.29, 0.717) is 18.8 Å². The molecule has 0 aliphatic carbocycles. The molecule has 0 spiro atoms. The number of nitrogens with one attached hydrogen (secondary N) is 1. The van der Waals surface area contributed by atoms with Crippen molar-refractivity contribution < 1.29 is 9.18 Å². The van der Waals surface area contributed by atoms with Crippen molar-refractivity contribution in [2.75, 3.05) is 31.1 Å². The number of thioether (sulfide) groups is 1. The molecule has 1 amide bonds. The highest BCUT2D eigenvalue weighted by atomic mass is 32.2. The minimum absolute atomic E-state index is 0.00693. The third-order valence-electron chi connectivity index (χ3n) is 5.35. The van der Waals surface area contributed by atoms with Gasteiger partial charge in [0.2, 0.25) is 0 Å². The average molecular weight is 394 g/mol. The highest BCUT2D eigenvalue weighted by Crippen LogP contribution is 2.41. The van der Waals surface area contributed by atoms with Crippen LogP contribution >= 0.6 is 11.8 Å². The number of aromatic nitrogens is 2. The molecule has 0 bridgehead atoms. The fourth-order valence-corrected chi connectivity index (χ4v) is 4.90. The number of rotatable bonds is 2. The predicted molar refractivity (Wildman–Crippen MR) is 108 cm³/mol. The second-order valence-electron chi connectivity index (χ2n) is 6.97. The van der Waals surface area contributed by atoms with Gasteiger partial charge in [0.05, 0.1) is 5.69 Å². The minimum atomic E-state index is -0.235. The first kappa shape index (κ1) is 17.3. The Morgan fingerprint density at radius 2 is 1.79 bits per heavy atom. The van der Waals surface area contributed by atoms with Gasteiger partial charge in [-0.05, 0) is 30.3 Å². The number of halogens is 1. The lowest BCUT2D eigenvalue weighted by molar-refractivity contribution is 0.0740. The highest BCUT2D eigenvalue weighted by Gasteiger charge is 2.29. The van der Waals surface area contributed by atoms with Gasteiger partial charge in [0.1, 0.15) is 11.5 Å². The number of carbonyl (C=O) groups excluding carboxylic acids is 1. The van der Waals surface area contributed by atoms with Crippen LogP contribution in [0.4, 0.5) is 10.1 Å². The first-order valence-electron chi connectivity index (χ1n) is 9.30. The molecule has 0 radical (unpaired) electrons. The first-order chi connectivity index (χ1) is 13.7. The molecule has 2 aliphatic heterocycles. The molecule has 0 saturated carbocycles. The monoisotopic (exact) mass is 394 g/mol. The van der Waals surface area contributed by atoms with Crippen molar-refractivity contribution >= 4 is 23.4 Å². The Kier molecular flexibility index (Phi) is 4.31. The lowest BCUT2D eigenvalue weighted by atomic mass is 10.1. The van der Waals surface area contributed by atoms with Gasteiger partial charge in [-0.2, -0.15) is 5.10 Å². The van der Waals surface area contributed by atoms with E-state index in [4.69, 9.17) is 0 Å². The molecule has 1 fully saturated rings. The van der Waals surface area contributed by atoms with Crippen molar-refractivity contribution in [3.05, 3.63) is 65.6 Å². The van der Waals surface area contributed by atoms with E-state index < -0.39 is 0 Å². The van der Waals surface area contributed by atoms with E-state index in [1.54, 1.807) is 23.9 Å². The zero-order chi connectivity index (χ0) is 19.1. The number of piperazine rings is 1. The van der Waals surface area contributed by atoms with Gasteiger partial charge < -0.3 is 9.80 Å². The van der Waals surface area contributed by atoms with Gasteiger partial charge >= 0.3 is 0 Å². The number of H-pyrrole nitrogens is 1. The number of benzene rings is 2. The van der Waals surface area contributed by atoms with Crippen LogP contribution in [0.3, 0.4) is 0 Å². The summed E-state index contributed by atoms with van der Waals surface area (Å²) in [5.41, 5.74) is 4.56. The third kappa shape index (κ3) is 2.96. The summed E-state index contributed by atoms with van der Waals surface area (Å²) in [6.07, 6.45) is 0. The molecule has 7 heteroatoms. The number of anilines is 1. The van der Waals surface area contributed by atoms with Crippen LogP contribution in [0, 0.1) is 5.82 Å². The van der Waals surface area contributed by atoms with Crippen LogP contribution < -0.4 is 4.90 Å². The summed E-state index contributed by atoms with van der Waals surface area (Å²) >= 11 is 1.74. The molecule has 2 aliphatic rings. The quantitative estimate of drug-likeness (QED) is 0.719. The van der Waals surface area contributed by atoms with Gasteiger partial charge in [-0.15, -0.1) is 11.8 Å². The van der Waals surface area contributed by atoms with E-state index in [-0.39, 0.29) is 11.7 Å². The molecule has 1 N–H and O–H groups in total. The number of fused-ring (bicyclic) bond motifs is 3. The third-order valence-corrected chi connectivity index (χ3v) is 6.45. The van der Waals surface area contributed by atoms with Gasteiger partial charge in [0.15, 0.2) is 0 Å². The van der Waals surface area contributed by atoms with Crippen LogP contribution in [0.2, 0.25) is 0 Å². The zero-order valence-electron chi connectivity index (χ0n) is 15.2. The van der Waals surface area contributed by atoms with E-state index in [1.807, 2.05) is 17.0 Å².